The maximum absolute atomic E-state index is 9.07. The molecule has 2 aromatic heterocycles. The van der Waals surface area contributed by atoms with Crippen LogP contribution in [0, 0.1) is 0 Å². The SMILES string of the molecule is Oc1nc(O)c2cn[nH]c2n1.[MgH2]. The number of hydrogen-bond donors (Lipinski definition) is 3. The van der Waals surface area contributed by atoms with Crippen LogP contribution < -0.4 is 0 Å². The summed E-state index contributed by atoms with van der Waals surface area (Å²) in [6.07, 6.45) is 1.38. The molecule has 0 amide bonds. The standard InChI is InChI=1S/C5H4N4O2.Mg.2H/c10-4-2-1-6-9-3(2)7-5(11)8-4;;;/h1H,(H3,6,7,8,9,10,11);;;. The van der Waals surface area contributed by atoms with E-state index in [1.54, 1.807) is 0 Å². The van der Waals surface area contributed by atoms with Gasteiger partial charge < -0.3 is 10.2 Å². The quantitative estimate of drug-likeness (QED) is 0.443. The number of aromatic nitrogens is 4. The van der Waals surface area contributed by atoms with E-state index in [1.807, 2.05) is 0 Å². The van der Waals surface area contributed by atoms with Gasteiger partial charge in [-0.15, -0.1) is 0 Å². The highest BCUT2D eigenvalue weighted by Gasteiger charge is 2.05. The molecule has 3 N–H and O–H groups in total. The lowest BCUT2D eigenvalue weighted by molar-refractivity contribution is 0.403. The normalized spacial score (nSPS) is 9.67. The van der Waals surface area contributed by atoms with Crippen LogP contribution in [0.2, 0.25) is 0 Å². The van der Waals surface area contributed by atoms with E-state index in [9.17, 15) is 0 Å². The van der Waals surface area contributed by atoms with Gasteiger partial charge in [0, 0.05) is 0 Å². The molecule has 6 nitrogen and oxygen atoms in total. The molecule has 7 heteroatoms. The summed E-state index contributed by atoms with van der Waals surface area (Å²) >= 11 is 0. The number of fused-ring (bicyclic) bond motifs is 1. The topological polar surface area (TPSA) is 94.9 Å². The van der Waals surface area contributed by atoms with Crippen molar-refractivity contribution in [3.63, 3.8) is 0 Å². The molecular weight excluding hydrogens is 172 g/mol. The largest absolute Gasteiger partial charge is 0.493 e. The van der Waals surface area contributed by atoms with Gasteiger partial charge >= 0.3 is 29.1 Å². The fraction of sp³-hybridized carbons (Fsp3) is 0. The minimum atomic E-state index is -0.473. The summed E-state index contributed by atoms with van der Waals surface area (Å²) in [7, 11) is 0. The second kappa shape index (κ2) is 3.11. The minimum absolute atomic E-state index is 0. The van der Waals surface area contributed by atoms with Crippen molar-refractivity contribution in [2.24, 2.45) is 0 Å². The van der Waals surface area contributed by atoms with Gasteiger partial charge in [0.2, 0.25) is 5.88 Å². The molecule has 0 radical (unpaired) electrons. The average Bonchev–Trinajstić information content (AvgIpc) is 2.34. The Morgan fingerprint density at radius 2 is 2.00 bits per heavy atom. The Morgan fingerprint density at radius 1 is 1.25 bits per heavy atom. The molecule has 0 saturated heterocycles. The molecule has 2 aromatic rings. The lowest BCUT2D eigenvalue weighted by Crippen LogP contribution is -1.82. The van der Waals surface area contributed by atoms with Crippen molar-refractivity contribution in [1.82, 2.24) is 20.2 Å². The second-order valence-electron chi connectivity index (χ2n) is 1.98. The lowest BCUT2D eigenvalue weighted by Gasteiger charge is -1.91. The van der Waals surface area contributed by atoms with Crippen LogP contribution in [0.5, 0.6) is 11.9 Å². The Labute approximate surface area is 82.8 Å². The third-order valence-corrected chi connectivity index (χ3v) is 1.28. The van der Waals surface area contributed by atoms with Crippen molar-refractivity contribution < 1.29 is 10.2 Å². The molecule has 0 aliphatic rings. The highest BCUT2D eigenvalue weighted by molar-refractivity contribution is 5.79. The van der Waals surface area contributed by atoms with Crippen LogP contribution >= 0.6 is 0 Å². The van der Waals surface area contributed by atoms with Crippen molar-refractivity contribution in [1.29, 1.82) is 0 Å². The highest BCUT2D eigenvalue weighted by Crippen LogP contribution is 2.19. The molecule has 0 atom stereocenters. The molecule has 2 rings (SSSR count). The van der Waals surface area contributed by atoms with Crippen LogP contribution in [0.3, 0.4) is 0 Å². The van der Waals surface area contributed by atoms with Crippen molar-refractivity contribution in [3.05, 3.63) is 6.20 Å². The van der Waals surface area contributed by atoms with Gasteiger partial charge in [0.15, 0.2) is 5.65 Å². The predicted octanol–water partition coefficient (Wildman–Crippen LogP) is -1.15. The summed E-state index contributed by atoms with van der Waals surface area (Å²) in [5.74, 6) is -0.277. The first-order valence-electron chi connectivity index (χ1n) is 2.86. The Morgan fingerprint density at radius 3 is 2.75 bits per heavy atom. The number of H-pyrrole nitrogens is 1. The van der Waals surface area contributed by atoms with E-state index in [1.165, 1.54) is 6.20 Å². The lowest BCUT2D eigenvalue weighted by atomic mass is 10.4. The molecule has 0 aromatic carbocycles. The Balaban J connectivity index is 0.000000720. The fourth-order valence-corrected chi connectivity index (χ4v) is 0.808. The molecule has 0 aliphatic heterocycles. The molecule has 0 unspecified atom stereocenters. The Bertz CT molecular complexity index is 401. The van der Waals surface area contributed by atoms with Crippen molar-refractivity contribution >= 4 is 34.1 Å². The first kappa shape index (κ1) is 9.01. The fourth-order valence-electron chi connectivity index (χ4n) is 0.808. The van der Waals surface area contributed by atoms with E-state index >= 15 is 0 Å². The maximum atomic E-state index is 9.07. The van der Waals surface area contributed by atoms with E-state index in [0.29, 0.717) is 11.0 Å². The van der Waals surface area contributed by atoms with E-state index < -0.39 is 6.01 Å². The molecule has 0 spiro atoms. The zero-order chi connectivity index (χ0) is 7.84. The zero-order valence-corrected chi connectivity index (χ0v) is 5.31. The van der Waals surface area contributed by atoms with Gasteiger partial charge in [0.25, 0.3) is 0 Å². The summed E-state index contributed by atoms with van der Waals surface area (Å²) < 4.78 is 0. The van der Waals surface area contributed by atoms with Gasteiger partial charge in [-0.3, -0.25) is 5.10 Å². The van der Waals surface area contributed by atoms with Gasteiger partial charge in [0.1, 0.15) is 5.39 Å². The summed E-state index contributed by atoms with van der Waals surface area (Å²) in [5.41, 5.74) is 0.315. The number of aromatic amines is 1. The van der Waals surface area contributed by atoms with E-state index in [0.717, 1.165) is 0 Å². The molecule has 60 valence electrons. The van der Waals surface area contributed by atoms with Crippen LogP contribution in [-0.4, -0.2) is 53.4 Å². The second-order valence-corrected chi connectivity index (χ2v) is 1.98. The molecule has 0 fully saturated rings. The summed E-state index contributed by atoms with van der Waals surface area (Å²) in [5, 5.41) is 24.3. The smallest absolute Gasteiger partial charge is 0.319 e. The van der Waals surface area contributed by atoms with Crippen LogP contribution in [0.4, 0.5) is 0 Å². The number of rotatable bonds is 0. The monoisotopic (exact) mass is 178 g/mol. The first-order valence-corrected chi connectivity index (χ1v) is 2.86. The van der Waals surface area contributed by atoms with Gasteiger partial charge in [-0.2, -0.15) is 15.1 Å². The van der Waals surface area contributed by atoms with E-state index in [4.69, 9.17) is 10.2 Å². The molecular formula is C5H6MgN4O2. The third-order valence-electron chi connectivity index (χ3n) is 1.28. The molecule has 0 saturated carbocycles. The number of aromatic hydroxyl groups is 2. The minimum Gasteiger partial charge on any atom is -0.493 e. The highest BCUT2D eigenvalue weighted by atomic mass is 24.3. The summed E-state index contributed by atoms with van der Waals surface area (Å²) in [6, 6.07) is -0.473. The maximum Gasteiger partial charge on any atom is 0.319 e. The Kier molecular flexibility index (Phi) is 2.34. The van der Waals surface area contributed by atoms with Gasteiger partial charge in [0.05, 0.1) is 6.20 Å². The van der Waals surface area contributed by atoms with E-state index in [2.05, 4.69) is 20.2 Å². The number of nitrogens with one attached hydrogen (secondary N) is 1. The van der Waals surface area contributed by atoms with Gasteiger partial charge in [-0.25, -0.2) is 0 Å². The molecule has 2 heterocycles. The van der Waals surface area contributed by atoms with Crippen LogP contribution in [0.1, 0.15) is 0 Å². The predicted molar refractivity (Wildman–Crippen MR) is 43.6 cm³/mol. The molecule has 0 aliphatic carbocycles. The van der Waals surface area contributed by atoms with Crippen LogP contribution in [0.15, 0.2) is 6.20 Å². The first-order chi connectivity index (χ1) is 5.27. The van der Waals surface area contributed by atoms with Crippen molar-refractivity contribution in [3.8, 4) is 11.9 Å². The third kappa shape index (κ3) is 1.28. The Hall–Kier alpha value is -1.08. The summed E-state index contributed by atoms with van der Waals surface area (Å²) in [6.45, 7) is 0. The van der Waals surface area contributed by atoms with Crippen molar-refractivity contribution in [2.45, 2.75) is 0 Å². The summed E-state index contributed by atoms with van der Waals surface area (Å²) in [4.78, 5) is 6.88. The van der Waals surface area contributed by atoms with Gasteiger partial charge in [-0.1, -0.05) is 0 Å². The number of nitrogens with zero attached hydrogens (tertiary/aromatic N) is 3. The zero-order valence-electron chi connectivity index (χ0n) is 5.31. The number of hydrogen-bond acceptors (Lipinski definition) is 5. The van der Waals surface area contributed by atoms with E-state index in [-0.39, 0.29) is 28.9 Å². The van der Waals surface area contributed by atoms with Crippen LogP contribution in [0.25, 0.3) is 11.0 Å². The molecule has 0 bridgehead atoms. The van der Waals surface area contributed by atoms with Crippen LogP contribution in [-0.2, 0) is 0 Å². The van der Waals surface area contributed by atoms with Crippen molar-refractivity contribution in [2.75, 3.05) is 0 Å². The van der Waals surface area contributed by atoms with Gasteiger partial charge in [-0.05, 0) is 0 Å². The molecule has 12 heavy (non-hydrogen) atoms. The average molecular weight is 178 g/mol.